The number of rotatable bonds is 4. The molecule has 2 aliphatic heterocycles. The normalized spacial score (nSPS) is 50.0. The second-order valence-electron chi connectivity index (χ2n) is 5.47. The van der Waals surface area contributed by atoms with Crippen LogP contribution in [0, 0.1) is 0 Å². The van der Waals surface area contributed by atoms with E-state index in [0.717, 1.165) is 0 Å². The minimum absolute atomic E-state index is 0.0453. The van der Waals surface area contributed by atoms with Crippen LogP contribution in [-0.2, 0) is 14.2 Å². The standard InChI is InChI=1S/C12H22O10/c13-2-4-1-5(14)7(15)12(21-4)20-3-6-8(16)9(17)10(18)11(19)22-6/h4-19H,1-3H2/t4-,5-,6+,7-,8+,9-,10-,11-,12-/m0/s1. The Morgan fingerprint density at radius 2 is 1.55 bits per heavy atom. The van der Waals surface area contributed by atoms with Crippen molar-refractivity contribution in [2.45, 2.75) is 61.7 Å². The first-order chi connectivity index (χ1) is 10.3. The van der Waals surface area contributed by atoms with Crippen molar-refractivity contribution >= 4 is 0 Å². The van der Waals surface area contributed by atoms with Crippen LogP contribution < -0.4 is 0 Å². The summed E-state index contributed by atoms with van der Waals surface area (Å²) in [6.45, 7) is -0.746. The van der Waals surface area contributed by atoms with Gasteiger partial charge in [0.05, 0.1) is 25.4 Å². The monoisotopic (exact) mass is 326 g/mol. The van der Waals surface area contributed by atoms with Gasteiger partial charge in [-0.05, 0) is 0 Å². The van der Waals surface area contributed by atoms with Crippen LogP contribution in [0.4, 0.5) is 0 Å². The van der Waals surface area contributed by atoms with Gasteiger partial charge in [-0.3, -0.25) is 0 Å². The second-order valence-corrected chi connectivity index (χ2v) is 5.47. The summed E-state index contributed by atoms with van der Waals surface area (Å²) in [6, 6.07) is 0. The molecule has 10 heteroatoms. The van der Waals surface area contributed by atoms with E-state index in [4.69, 9.17) is 19.3 Å². The van der Waals surface area contributed by atoms with Crippen molar-refractivity contribution in [2.75, 3.05) is 13.2 Å². The molecule has 0 unspecified atom stereocenters. The Hall–Kier alpha value is -0.400. The third-order valence-corrected chi connectivity index (χ3v) is 3.82. The molecule has 0 aliphatic carbocycles. The van der Waals surface area contributed by atoms with Gasteiger partial charge in [-0.15, -0.1) is 0 Å². The molecular formula is C12H22O10. The van der Waals surface area contributed by atoms with Gasteiger partial charge >= 0.3 is 0 Å². The molecule has 0 aromatic heterocycles. The van der Waals surface area contributed by atoms with Crippen LogP contribution in [-0.4, -0.2) is 104 Å². The van der Waals surface area contributed by atoms with E-state index < -0.39 is 55.3 Å². The Morgan fingerprint density at radius 1 is 0.864 bits per heavy atom. The van der Waals surface area contributed by atoms with E-state index in [2.05, 4.69) is 0 Å². The smallest absolute Gasteiger partial charge is 0.186 e. The van der Waals surface area contributed by atoms with E-state index >= 15 is 0 Å². The highest BCUT2D eigenvalue weighted by Gasteiger charge is 2.44. The molecule has 9 atom stereocenters. The molecule has 2 saturated heterocycles. The fraction of sp³-hybridized carbons (Fsp3) is 1.00. The lowest BCUT2D eigenvalue weighted by Crippen LogP contribution is -2.59. The summed E-state index contributed by atoms with van der Waals surface area (Å²) in [6.07, 6.45) is -12.1. The van der Waals surface area contributed by atoms with Gasteiger partial charge in [0.2, 0.25) is 0 Å². The van der Waals surface area contributed by atoms with Gasteiger partial charge in [0.25, 0.3) is 0 Å². The van der Waals surface area contributed by atoms with Crippen LogP contribution in [0.1, 0.15) is 6.42 Å². The Morgan fingerprint density at radius 3 is 2.18 bits per heavy atom. The molecule has 0 saturated carbocycles. The van der Waals surface area contributed by atoms with Gasteiger partial charge in [-0.1, -0.05) is 0 Å². The van der Waals surface area contributed by atoms with Crippen molar-refractivity contribution in [3.63, 3.8) is 0 Å². The van der Waals surface area contributed by atoms with Crippen LogP contribution in [0.15, 0.2) is 0 Å². The predicted molar refractivity (Wildman–Crippen MR) is 67.2 cm³/mol. The van der Waals surface area contributed by atoms with Crippen molar-refractivity contribution in [1.82, 2.24) is 0 Å². The molecule has 0 aromatic carbocycles. The van der Waals surface area contributed by atoms with Crippen LogP contribution in [0.3, 0.4) is 0 Å². The molecule has 0 spiro atoms. The van der Waals surface area contributed by atoms with Crippen LogP contribution in [0.25, 0.3) is 0 Å². The zero-order valence-corrected chi connectivity index (χ0v) is 11.7. The Kier molecular flexibility index (Phi) is 6.07. The molecule has 22 heavy (non-hydrogen) atoms. The van der Waals surface area contributed by atoms with Crippen molar-refractivity contribution < 1.29 is 50.0 Å². The molecule has 2 fully saturated rings. The fourth-order valence-electron chi connectivity index (χ4n) is 2.43. The zero-order valence-electron chi connectivity index (χ0n) is 11.7. The molecule has 0 bridgehead atoms. The zero-order chi connectivity index (χ0) is 16.4. The SMILES string of the molecule is OC[C@@H]1C[C@H](O)[C@H](O)[C@@H](OC[C@H]2O[C@H](O)[C@@H](O)[C@@H](O)[C@@H]2O)O1. The number of hydrogen-bond acceptors (Lipinski definition) is 10. The maximum Gasteiger partial charge on any atom is 0.186 e. The summed E-state index contributed by atoms with van der Waals surface area (Å²) in [5.74, 6) is 0. The maximum absolute atomic E-state index is 9.77. The maximum atomic E-state index is 9.77. The average molecular weight is 326 g/mol. The van der Waals surface area contributed by atoms with Gasteiger partial charge in [0.15, 0.2) is 12.6 Å². The summed E-state index contributed by atoms with van der Waals surface area (Å²) in [5, 5.41) is 66.5. The Bertz CT molecular complexity index is 349. The van der Waals surface area contributed by atoms with Crippen molar-refractivity contribution in [2.24, 2.45) is 0 Å². The molecule has 2 aliphatic rings. The summed E-state index contributed by atoms with van der Waals surface area (Å²) in [5.41, 5.74) is 0. The molecular weight excluding hydrogens is 304 g/mol. The van der Waals surface area contributed by atoms with Crippen molar-refractivity contribution in [3.05, 3.63) is 0 Å². The highest BCUT2D eigenvalue weighted by Crippen LogP contribution is 2.24. The van der Waals surface area contributed by atoms with Gasteiger partial charge in [0.1, 0.15) is 30.5 Å². The largest absolute Gasteiger partial charge is 0.394 e. The summed E-state index contributed by atoms with van der Waals surface area (Å²) in [7, 11) is 0. The number of ether oxygens (including phenoxy) is 3. The van der Waals surface area contributed by atoms with Crippen LogP contribution in [0.2, 0.25) is 0 Å². The molecule has 2 heterocycles. The summed E-state index contributed by atoms with van der Waals surface area (Å²) in [4.78, 5) is 0. The number of hydrogen-bond donors (Lipinski definition) is 7. The number of aliphatic hydroxyl groups is 7. The van der Waals surface area contributed by atoms with Crippen molar-refractivity contribution in [1.29, 1.82) is 0 Å². The number of aliphatic hydroxyl groups excluding tert-OH is 7. The van der Waals surface area contributed by atoms with Crippen LogP contribution in [0.5, 0.6) is 0 Å². The molecule has 0 amide bonds. The van der Waals surface area contributed by atoms with Gasteiger partial charge in [-0.25, -0.2) is 0 Å². The van der Waals surface area contributed by atoms with E-state index in [0.29, 0.717) is 0 Å². The molecule has 0 radical (unpaired) electrons. The topological polar surface area (TPSA) is 169 Å². The average Bonchev–Trinajstić information content (AvgIpc) is 2.50. The molecule has 130 valence electrons. The lowest BCUT2D eigenvalue weighted by atomic mass is 9.99. The van der Waals surface area contributed by atoms with Gasteiger partial charge in [-0.2, -0.15) is 0 Å². The Labute approximate surface area is 126 Å². The highest BCUT2D eigenvalue weighted by atomic mass is 16.7. The summed E-state index contributed by atoms with van der Waals surface area (Å²) >= 11 is 0. The van der Waals surface area contributed by atoms with E-state index in [9.17, 15) is 30.6 Å². The fourth-order valence-corrected chi connectivity index (χ4v) is 2.43. The molecule has 7 N–H and O–H groups in total. The van der Waals surface area contributed by atoms with Gasteiger partial charge < -0.3 is 50.0 Å². The predicted octanol–water partition coefficient (Wildman–Crippen LogP) is -4.37. The van der Waals surface area contributed by atoms with Crippen LogP contribution >= 0.6 is 0 Å². The minimum atomic E-state index is -1.69. The molecule has 0 aromatic rings. The van der Waals surface area contributed by atoms with E-state index in [1.165, 1.54) is 0 Å². The first-order valence-electron chi connectivity index (χ1n) is 6.97. The van der Waals surface area contributed by atoms with Crippen molar-refractivity contribution in [3.8, 4) is 0 Å². The van der Waals surface area contributed by atoms with E-state index in [-0.39, 0.29) is 19.6 Å². The van der Waals surface area contributed by atoms with E-state index in [1.807, 2.05) is 0 Å². The third kappa shape index (κ3) is 3.74. The van der Waals surface area contributed by atoms with Gasteiger partial charge in [0, 0.05) is 6.42 Å². The third-order valence-electron chi connectivity index (χ3n) is 3.82. The second kappa shape index (κ2) is 7.45. The highest BCUT2D eigenvalue weighted by molar-refractivity contribution is 4.89. The Balaban J connectivity index is 1.91. The lowest BCUT2D eigenvalue weighted by Gasteiger charge is -2.40. The summed E-state index contributed by atoms with van der Waals surface area (Å²) < 4.78 is 15.3. The molecule has 2 rings (SSSR count). The quantitative estimate of drug-likeness (QED) is 0.268. The first-order valence-corrected chi connectivity index (χ1v) is 6.97. The minimum Gasteiger partial charge on any atom is -0.394 e. The first kappa shape index (κ1) is 17.9. The van der Waals surface area contributed by atoms with E-state index in [1.54, 1.807) is 0 Å². The lowest BCUT2D eigenvalue weighted by molar-refractivity contribution is -0.313. The molecule has 10 nitrogen and oxygen atoms in total.